The van der Waals surface area contributed by atoms with Gasteiger partial charge in [0.25, 0.3) is 5.91 Å². The Morgan fingerprint density at radius 1 is 1.06 bits per heavy atom. The van der Waals surface area contributed by atoms with E-state index < -0.39 is 12.1 Å². The van der Waals surface area contributed by atoms with Crippen molar-refractivity contribution < 1.29 is 19.4 Å². The lowest BCUT2D eigenvalue weighted by Gasteiger charge is -2.08. The van der Waals surface area contributed by atoms with Gasteiger partial charge in [0.2, 0.25) is 0 Å². The highest BCUT2D eigenvalue weighted by Gasteiger charge is 2.20. The molecular formula is C29H28N2O4. The van der Waals surface area contributed by atoms with E-state index in [2.05, 4.69) is 11.1 Å². The molecule has 0 aliphatic heterocycles. The van der Waals surface area contributed by atoms with Crippen LogP contribution >= 0.6 is 0 Å². The number of pyridine rings is 1. The Hall–Kier alpha value is -4.03. The van der Waals surface area contributed by atoms with E-state index >= 15 is 0 Å². The standard InChI is InChI=1S/C29H28N2O4/c1-19-9-15-24(16-10-19)28(32)31-20(2)25(26-8-5-17-30-27(26)31)7-4-6-22-11-13-23(14-12-22)18-35-21(3)29(33)34/h4-6,8-17,21H,7,18H2,1-3H3,(H,33,34)/b6-4+/t21-/m0/s1. The number of carbonyl (C=O) groups is 2. The van der Waals surface area contributed by atoms with Gasteiger partial charge in [0.1, 0.15) is 5.65 Å². The van der Waals surface area contributed by atoms with Crippen LogP contribution in [0.4, 0.5) is 0 Å². The minimum Gasteiger partial charge on any atom is -0.479 e. The Labute approximate surface area is 204 Å². The minimum absolute atomic E-state index is 0.0866. The predicted octanol–water partition coefficient (Wildman–Crippen LogP) is 5.59. The highest BCUT2D eigenvalue weighted by atomic mass is 16.5. The molecule has 2 heterocycles. The third-order valence-electron chi connectivity index (χ3n) is 6.06. The molecule has 35 heavy (non-hydrogen) atoms. The quantitative estimate of drug-likeness (QED) is 0.365. The van der Waals surface area contributed by atoms with Gasteiger partial charge in [0, 0.05) is 22.8 Å². The van der Waals surface area contributed by atoms with Gasteiger partial charge < -0.3 is 9.84 Å². The number of carbonyl (C=O) groups excluding carboxylic acids is 1. The molecule has 2 aromatic heterocycles. The highest BCUT2D eigenvalue weighted by molar-refractivity contribution is 6.03. The van der Waals surface area contributed by atoms with E-state index in [9.17, 15) is 9.59 Å². The zero-order valence-electron chi connectivity index (χ0n) is 20.1. The second-order valence-corrected chi connectivity index (χ2v) is 8.58. The number of aryl methyl sites for hydroxylation is 1. The first-order valence-electron chi connectivity index (χ1n) is 11.5. The first kappa shape index (κ1) is 24.1. The summed E-state index contributed by atoms with van der Waals surface area (Å²) >= 11 is 0. The van der Waals surface area contributed by atoms with Crippen LogP contribution in [0.3, 0.4) is 0 Å². The minimum atomic E-state index is -0.975. The predicted molar refractivity (Wildman–Crippen MR) is 136 cm³/mol. The van der Waals surface area contributed by atoms with Gasteiger partial charge in [-0.2, -0.15) is 0 Å². The topological polar surface area (TPSA) is 81.4 Å². The van der Waals surface area contributed by atoms with Crippen molar-refractivity contribution in [3.63, 3.8) is 0 Å². The van der Waals surface area contributed by atoms with Gasteiger partial charge in [-0.15, -0.1) is 0 Å². The van der Waals surface area contributed by atoms with Crippen molar-refractivity contribution in [1.29, 1.82) is 0 Å². The number of carboxylic acids is 1. The molecule has 0 saturated carbocycles. The summed E-state index contributed by atoms with van der Waals surface area (Å²) in [5.41, 5.74) is 6.29. The number of hydrogen-bond donors (Lipinski definition) is 1. The van der Waals surface area contributed by atoms with Crippen molar-refractivity contribution in [3.8, 4) is 0 Å². The second-order valence-electron chi connectivity index (χ2n) is 8.58. The molecular weight excluding hydrogens is 440 g/mol. The maximum Gasteiger partial charge on any atom is 0.332 e. The van der Waals surface area contributed by atoms with Crippen LogP contribution in [0.5, 0.6) is 0 Å². The number of rotatable bonds is 8. The van der Waals surface area contributed by atoms with Gasteiger partial charge >= 0.3 is 5.97 Å². The Kier molecular flexibility index (Phi) is 7.22. The van der Waals surface area contributed by atoms with E-state index in [1.165, 1.54) is 6.92 Å². The van der Waals surface area contributed by atoms with Crippen LogP contribution in [-0.2, 0) is 22.6 Å². The SMILES string of the molecule is Cc1ccc(C(=O)n2c(C)c(C/C=C/c3ccc(CO[C@@H](C)C(=O)O)cc3)c3cccnc32)cc1. The van der Waals surface area contributed by atoms with Crippen molar-refractivity contribution in [2.75, 3.05) is 0 Å². The largest absolute Gasteiger partial charge is 0.479 e. The summed E-state index contributed by atoms with van der Waals surface area (Å²) in [5, 5.41) is 9.89. The Morgan fingerprint density at radius 3 is 2.46 bits per heavy atom. The Bertz CT molecular complexity index is 1380. The van der Waals surface area contributed by atoms with Crippen molar-refractivity contribution in [3.05, 3.63) is 106 Å². The molecule has 6 nitrogen and oxygen atoms in total. The number of nitrogens with zero attached hydrogens (tertiary/aromatic N) is 2. The van der Waals surface area contributed by atoms with Crippen molar-refractivity contribution in [2.24, 2.45) is 0 Å². The van der Waals surface area contributed by atoms with Crippen molar-refractivity contribution in [1.82, 2.24) is 9.55 Å². The molecule has 0 fully saturated rings. The molecule has 4 rings (SSSR count). The maximum absolute atomic E-state index is 13.3. The van der Waals surface area contributed by atoms with Gasteiger partial charge in [-0.3, -0.25) is 9.36 Å². The molecule has 0 unspecified atom stereocenters. The fourth-order valence-corrected chi connectivity index (χ4v) is 3.96. The van der Waals surface area contributed by atoms with E-state index in [1.54, 1.807) is 10.8 Å². The molecule has 6 heteroatoms. The summed E-state index contributed by atoms with van der Waals surface area (Å²) in [4.78, 5) is 28.7. The fourth-order valence-electron chi connectivity index (χ4n) is 3.96. The number of benzene rings is 2. The number of aliphatic carboxylic acids is 1. The van der Waals surface area contributed by atoms with Crippen LogP contribution in [0.2, 0.25) is 0 Å². The van der Waals surface area contributed by atoms with Gasteiger partial charge in [0.15, 0.2) is 6.10 Å². The number of allylic oxidation sites excluding steroid dienone is 1. The molecule has 0 radical (unpaired) electrons. The molecule has 0 spiro atoms. The van der Waals surface area contributed by atoms with Crippen LogP contribution in [-0.4, -0.2) is 32.6 Å². The number of carboxylic acid groups (broad SMARTS) is 1. The maximum atomic E-state index is 13.3. The van der Waals surface area contributed by atoms with E-state index in [-0.39, 0.29) is 12.5 Å². The molecule has 0 saturated heterocycles. The zero-order chi connectivity index (χ0) is 24.9. The summed E-state index contributed by atoms with van der Waals surface area (Å²) in [6, 6.07) is 19.3. The van der Waals surface area contributed by atoms with Crippen molar-refractivity contribution in [2.45, 2.75) is 39.9 Å². The summed E-state index contributed by atoms with van der Waals surface area (Å²) in [6.45, 7) is 5.72. The second kappa shape index (κ2) is 10.5. The van der Waals surface area contributed by atoms with E-state index in [0.29, 0.717) is 17.6 Å². The number of fused-ring (bicyclic) bond motifs is 1. The third kappa shape index (κ3) is 5.39. The van der Waals surface area contributed by atoms with E-state index in [0.717, 1.165) is 33.3 Å². The molecule has 178 valence electrons. The summed E-state index contributed by atoms with van der Waals surface area (Å²) in [6.07, 6.45) is 5.64. The first-order valence-corrected chi connectivity index (χ1v) is 11.5. The van der Waals surface area contributed by atoms with Gasteiger partial charge in [-0.05, 0) is 68.1 Å². The molecule has 1 atom stereocenters. The lowest BCUT2D eigenvalue weighted by Crippen LogP contribution is -2.19. The Balaban J connectivity index is 1.53. The number of hydrogen-bond acceptors (Lipinski definition) is 4. The fraction of sp³-hybridized carbons (Fsp3) is 0.207. The van der Waals surface area contributed by atoms with E-state index in [4.69, 9.17) is 9.84 Å². The van der Waals surface area contributed by atoms with Gasteiger partial charge in [-0.1, -0.05) is 54.1 Å². The van der Waals surface area contributed by atoms with Crippen LogP contribution < -0.4 is 0 Å². The van der Waals surface area contributed by atoms with Crippen LogP contribution in [0.1, 0.15) is 45.2 Å². The smallest absolute Gasteiger partial charge is 0.332 e. The lowest BCUT2D eigenvalue weighted by molar-refractivity contribution is -0.149. The summed E-state index contributed by atoms with van der Waals surface area (Å²) < 4.78 is 7.03. The molecule has 1 N–H and O–H groups in total. The number of aromatic nitrogens is 2. The molecule has 4 aromatic rings. The van der Waals surface area contributed by atoms with E-state index in [1.807, 2.05) is 80.6 Å². The molecule has 0 aliphatic rings. The van der Waals surface area contributed by atoms with Crippen molar-refractivity contribution >= 4 is 29.0 Å². The molecule has 0 amide bonds. The molecule has 2 aromatic carbocycles. The molecule has 0 bridgehead atoms. The van der Waals surface area contributed by atoms with Crippen LogP contribution in [0.15, 0.2) is 72.9 Å². The van der Waals surface area contributed by atoms with Crippen LogP contribution in [0, 0.1) is 13.8 Å². The average molecular weight is 469 g/mol. The normalized spacial score (nSPS) is 12.3. The molecule has 0 aliphatic carbocycles. The monoisotopic (exact) mass is 468 g/mol. The van der Waals surface area contributed by atoms with Gasteiger partial charge in [-0.25, -0.2) is 9.78 Å². The van der Waals surface area contributed by atoms with Gasteiger partial charge in [0.05, 0.1) is 6.61 Å². The lowest BCUT2D eigenvalue weighted by atomic mass is 10.1. The number of ether oxygens (including phenoxy) is 1. The first-order chi connectivity index (χ1) is 16.8. The third-order valence-corrected chi connectivity index (χ3v) is 6.06. The average Bonchev–Trinajstić information content (AvgIpc) is 3.14. The zero-order valence-corrected chi connectivity index (χ0v) is 20.1. The Morgan fingerprint density at radius 2 is 1.77 bits per heavy atom. The highest BCUT2D eigenvalue weighted by Crippen LogP contribution is 2.26. The summed E-state index contributed by atoms with van der Waals surface area (Å²) in [7, 11) is 0. The summed E-state index contributed by atoms with van der Waals surface area (Å²) in [5.74, 6) is -1.06. The van der Waals surface area contributed by atoms with Crippen LogP contribution in [0.25, 0.3) is 17.1 Å².